The van der Waals surface area contributed by atoms with Gasteiger partial charge in [0.1, 0.15) is 25.8 Å². The van der Waals surface area contributed by atoms with Crippen molar-refractivity contribution in [3.8, 4) is 0 Å². The Labute approximate surface area is 167 Å². The van der Waals surface area contributed by atoms with E-state index in [1.54, 1.807) is 5.80 Å². The predicted octanol–water partition coefficient (Wildman–Crippen LogP) is 0.628. The molecule has 0 N–H and O–H groups in total. The summed E-state index contributed by atoms with van der Waals surface area (Å²) in [4.78, 5) is 34.1. The topological polar surface area (TPSA) is 98.7 Å². The first-order valence-corrected chi connectivity index (χ1v) is 10.2. The number of carbonyl (C=O) groups excluding carboxylic acids is 2. The fourth-order valence-electron chi connectivity index (χ4n) is 2.73. The van der Waals surface area contributed by atoms with E-state index in [2.05, 4.69) is 0 Å². The Morgan fingerprint density at radius 3 is 2.39 bits per heavy atom. The third-order valence-electron chi connectivity index (χ3n) is 4.32. The highest BCUT2D eigenvalue weighted by molar-refractivity contribution is 7.44. The van der Waals surface area contributed by atoms with Crippen molar-refractivity contribution in [3.63, 3.8) is 0 Å². The minimum Gasteiger partial charge on any atom is -0.603 e. The molecular weight excluding hydrogens is 381 g/mol. The van der Waals surface area contributed by atoms with Crippen molar-refractivity contribution < 1.29 is 33.3 Å². The summed E-state index contributed by atoms with van der Waals surface area (Å²) in [5.74, 6) is -0.395. The summed E-state index contributed by atoms with van der Waals surface area (Å²) >= 11 is 0. The Morgan fingerprint density at radius 1 is 1.18 bits per heavy atom. The van der Waals surface area contributed by atoms with Crippen molar-refractivity contribution in [2.45, 2.75) is 26.5 Å². The second kappa shape index (κ2) is 11.7. The molecule has 0 aromatic heterocycles. The van der Waals surface area contributed by atoms with Crippen molar-refractivity contribution in [3.05, 3.63) is 48.0 Å². The lowest BCUT2D eigenvalue weighted by molar-refractivity contribution is -0.909. The smallest absolute Gasteiger partial charge is 0.331 e. The molecule has 0 fully saturated rings. The van der Waals surface area contributed by atoms with Crippen LogP contribution in [-0.2, 0) is 25.5 Å². The second-order valence-corrected chi connectivity index (χ2v) is 8.48. The number of hydrogen-bond donors (Lipinski definition) is 0. The largest absolute Gasteiger partial charge is 0.603 e. The van der Waals surface area contributed by atoms with Crippen LogP contribution < -0.4 is 10.00 Å². The molecule has 2 atom stereocenters. The zero-order valence-corrected chi connectivity index (χ0v) is 17.6. The van der Waals surface area contributed by atoms with Crippen LogP contribution >= 0.6 is 8.00 Å². The van der Waals surface area contributed by atoms with Gasteiger partial charge in [-0.25, -0.2) is 4.79 Å². The zero-order chi connectivity index (χ0) is 21.2. The number of benzene rings is 1. The first-order chi connectivity index (χ1) is 13.1. The Hall–Kier alpha value is -2.05. The highest BCUT2D eigenvalue weighted by atomic mass is 31.1. The van der Waals surface area contributed by atoms with Crippen LogP contribution in [0.5, 0.6) is 0 Å². The van der Waals surface area contributed by atoms with Gasteiger partial charge in [-0.3, -0.25) is 0 Å². The van der Waals surface area contributed by atoms with Crippen LogP contribution in [0.2, 0.25) is 0 Å². The number of rotatable bonds is 11. The molecule has 8 heteroatoms. The van der Waals surface area contributed by atoms with Crippen LogP contribution in [-0.4, -0.2) is 55.5 Å². The molecule has 0 spiro atoms. The molecule has 1 rings (SSSR count). The lowest BCUT2D eigenvalue weighted by atomic mass is 10.0. The molecule has 0 saturated carbocycles. The molecule has 0 amide bonds. The van der Waals surface area contributed by atoms with Gasteiger partial charge in [0.25, 0.3) is 0 Å². The number of hydrogen-bond acceptors (Lipinski definition) is 6. The van der Waals surface area contributed by atoms with E-state index < -0.39 is 19.9 Å². The van der Waals surface area contributed by atoms with Gasteiger partial charge >= 0.3 is 5.97 Å². The average Bonchev–Trinajstić information content (AvgIpc) is 2.63. The third-order valence-corrected chi connectivity index (χ3v) is 5.17. The summed E-state index contributed by atoms with van der Waals surface area (Å²) < 4.78 is 11.0. The van der Waals surface area contributed by atoms with Gasteiger partial charge in [-0.15, -0.1) is 0 Å². The van der Waals surface area contributed by atoms with Crippen molar-refractivity contribution in [2.24, 2.45) is 5.92 Å². The minimum absolute atomic E-state index is 0.0749. The zero-order valence-electron chi connectivity index (χ0n) is 16.7. The van der Waals surface area contributed by atoms with Gasteiger partial charge in [0, 0.05) is 12.0 Å². The highest BCUT2D eigenvalue weighted by Crippen LogP contribution is 2.20. The molecule has 0 aliphatic heterocycles. The van der Waals surface area contributed by atoms with Crippen LogP contribution in [0.1, 0.15) is 19.4 Å². The summed E-state index contributed by atoms with van der Waals surface area (Å²) in [6, 6.07) is 9.43. The molecule has 0 radical (unpaired) electrons. The van der Waals surface area contributed by atoms with Gasteiger partial charge in [0.2, 0.25) is 8.00 Å². The standard InChI is InChI=1S/C20H28NO6P/c1-16(2)18(15-26-20(24)11-10-19(22)23)21(3,4)12-13-28(25)27-14-17-8-6-5-7-9-17/h5-11,13,16,18H,12,14-15H2,1-4H3/b11-10+. The predicted molar refractivity (Wildman–Crippen MR) is 105 cm³/mol. The molecule has 2 unspecified atom stereocenters. The van der Waals surface area contributed by atoms with Gasteiger partial charge in [-0.1, -0.05) is 44.2 Å². The number of carboxylic acids is 1. The maximum absolute atomic E-state index is 12.2. The Morgan fingerprint density at radius 2 is 1.82 bits per heavy atom. The molecule has 154 valence electrons. The summed E-state index contributed by atoms with van der Waals surface area (Å²) in [5, 5.41) is 10.3. The molecule has 28 heavy (non-hydrogen) atoms. The van der Waals surface area contributed by atoms with E-state index in [0.29, 0.717) is 17.1 Å². The highest BCUT2D eigenvalue weighted by Gasteiger charge is 2.32. The van der Waals surface area contributed by atoms with E-state index in [-0.39, 0.29) is 25.2 Å². The van der Waals surface area contributed by atoms with E-state index in [1.165, 1.54) is 0 Å². The molecule has 1 aromatic carbocycles. The first-order valence-electron chi connectivity index (χ1n) is 8.97. The summed E-state index contributed by atoms with van der Waals surface area (Å²) in [5.41, 5.74) is 0.949. The maximum atomic E-state index is 12.2. The van der Waals surface area contributed by atoms with Gasteiger partial charge in [0.15, 0.2) is 5.80 Å². The number of aliphatic carboxylic acids is 1. The molecule has 0 bridgehead atoms. The van der Waals surface area contributed by atoms with E-state index >= 15 is 0 Å². The second-order valence-electron chi connectivity index (χ2n) is 7.28. The monoisotopic (exact) mass is 409 g/mol. The Balaban J connectivity index is 2.63. The van der Waals surface area contributed by atoms with Gasteiger partial charge in [-0.2, -0.15) is 4.52 Å². The number of ether oxygens (including phenoxy) is 1. The lowest BCUT2D eigenvalue weighted by Gasteiger charge is -2.38. The van der Waals surface area contributed by atoms with E-state index in [1.807, 2.05) is 58.3 Å². The molecule has 7 nitrogen and oxygen atoms in total. The minimum atomic E-state index is -1.93. The quantitative estimate of drug-likeness (QED) is 0.230. The summed E-state index contributed by atoms with van der Waals surface area (Å²) in [6.45, 7) is 4.84. The van der Waals surface area contributed by atoms with E-state index in [9.17, 15) is 19.6 Å². The number of carbonyl (C=O) groups is 2. The Bertz CT molecular complexity index is 700. The van der Waals surface area contributed by atoms with Crippen molar-refractivity contribution in [1.82, 2.24) is 0 Å². The average molecular weight is 409 g/mol. The SMILES string of the molecule is CC(C)C(COC(=O)/C=C/C(=O)[O-])[N+](C)(C)CC=[P+]([O-])OCc1ccccc1. The third kappa shape index (κ3) is 9.24. The van der Waals surface area contributed by atoms with Crippen LogP contribution in [0.15, 0.2) is 42.5 Å². The number of quaternary nitrogens is 1. The van der Waals surface area contributed by atoms with Crippen LogP contribution in [0.25, 0.3) is 0 Å². The number of esters is 1. The van der Waals surface area contributed by atoms with Crippen LogP contribution in [0.4, 0.5) is 0 Å². The number of nitrogens with zero attached hydrogens (tertiary/aromatic N) is 1. The summed E-state index contributed by atoms with van der Waals surface area (Å²) in [6.07, 6.45) is 1.46. The van der Waals surface area contributed by atoms with Crippen LogP contribution in [0.3, 0.4) is 0 Å². The van der Waals surface area contributed by atoms with Crippen molar-refractivity contribution >= 4 is 25.7 Å². The maximum Gasteiger partial charge on any atom is 0.331 e. The molecular formula is C20H28NO6P. The van der Waals surface area contributed by atoms with E-state index in [0.717, 1.165) is 11.6 Å². The molecule has 1 aromatic rings. The molecule has 0 saturated heterocycles. The number of carboxylic acid groups (broad SMARTS) is 1. The molecule has 0 aliphatic carbocycles. The summed E-state index contributed by atoms with van der Waals surface area (Å²) in [7, 11) is 1.97. The van der Waals surface area contributed by atoms with Gasteiger partial charge in [-0.05, 0) is 11.6 Å². The van der Waals surface area contributed by atoms with Crippen LogP contribution in [0, 0.1) is 5.92 Å². The van der Waals surface area contributed by atoms with E-state index in [4.69, 9.17) is 9.26 Å². The molecule has 0 heterocycles. The van der Waals surface area contributed by atoms with Gasteiger partial charge in [0.05, 0.1) is 20.1 Å². The first kappa shape index (κ1) is 24.0. The van der Waals surface area contributed by atoms with Crippen molar-refractivity contribution in [2.75, 3.05) is 27.2 Å². The van der Waals surface area contributed by atoms with Crippen molar-refractivity contribution in [1.29, 1.82) is 0 Å². The van der Waals surface area contributed by atoms with Gasteiger partial charge < -0.3 is 24.0 Å². The lowest BCUT2D eigenvalue weighted by Crippen LogP contribution is -2.54. The Kier molecular flexibility index (Phi) is 10.0. The fourth-order valence-corrected chi connectivity index (χ4v) is 3.67. The molecule has 0 aliphatic rings. The number of likely N-dealkylation sites (N-methyl/N-ethyl adjacent to an activating group) is 1. The normalized spacial score (nSPS) is 13.7. The fraction of sp³-hybridized carbons (Fsp3) is 0.450.